The maximum atomic E-state index is 5.45. The van der Waals surface area contributed by atoms with Crippen LogP contribution in [0.25, 0.3) is 0 Å². The Labute approximate surface area is 83.6 Å². The summed E-state index contributed by atoms with van der Waals surface area (Å²) in [4.78, 5) is 0. The predicted molar refractivity (Wildman–Crippen MR) is 52.2 cm³/mol. The quantitative estimate of drug-likeness (QED) is 0.689. The van der Waals surface area contributed by atoms with Crippen LogP contribution in [0.4, 0.5) is 0 Å². The molecule has 1 aromatic rings. The first-order valence-corrected chi connectivity index (χ1v) is 4.60. The highest BCUT2D eigenvalue weighted by atomic mass is 16.8. The minimum absolute atomic E-state index is 0.126. The third-order valence-corrected chi connectivity index (χ3v) is 2.63. The molecule has 1 aromatic carbocycles. The Bertz CT molecular complexity index is 316. The van der Waals surface area contributed by atoms with Gasteiger partial charge in [0.1, 0.15) is 11.9 Å². The van der Waals surface area contributed by atoms with Crippen molar-refractivity contribution in [1.82, 2.24) is 0 Å². The van der Waals surface area contributed by atoms with E-state index < -0.39 is 5.79 Å². The molecular formula is C11H14O3. The second-order valence-corrected chi connectivity index (χ2v) is 3.36. The third-order valence-electron chi connectivity index (χ3n) is 2.63. The van der Waals surface area contributed by atoms with Crippen LogP contribution in [-0.2, 0) is 15.3 Å². The zero-order valence-electron chi connectivity index (χ0n) is 8.61. The molecule has 2 rings (SSSR count). The Hall–Kier alpha value is -1.06. The van der Waals surface area contributed by atoms with Gasteiger partial charge in [-0.05, 0) is 31.2 Å². The Balaban J connectivity index is 2.25. The Morgan fingerprint density at radius 1 is 1.21 bits per heavy atom. The number of benzene rings is 1. The summed E-state index contributed by atoms with van der Waals surface area (Å²) in [5.41, 5.74) is 1.04. The van der Waals surface area contributed by atoms with Crippen LogP contribution in [0, 0.1) is 0 Å². The average molecular weight is 194 g/mol. The molecule has 0 aliphatic carbocycles. The smallest absolute Gasteiger partial charge is 0.222 e. The summed E-state index contributed by atoms with van der Waals surface area (Å²) >= 11 is 0. The largest absolute Gasteiger partial charge is 0.497 e. The van der Waals surface area contributed by atoms with E-state index in [4.69, 9.17) is 14.2 Å². The van der Waals surface area contributed by atoms with E-state index in [1.807, 2.05) is 31.2 Å². The van der Waals surface area contributed by atoms with Crippen LogP contribution in [0.5, 0.6) is 5.75 Å². The van der Waals surface area contributed by atoms with Crippen molar-refractivity contribution in [2.75, 3.05) is 14.2 Å². The van der Waals surface area contributed by atoms with Gasteiger partial charge in [-0.3, -0.25) is 0 Å². The lowest BCUT2D eigenvalue weighted by atomic mass is 10.1. The van der Waals surface area contributed by atoms with Gasteiger partial charge in [-0.2, -0.15) is 0 Å². The van der Waals surface area contributed by atoms with Crippen molar-refractivity contribution in [1.29, 1.82) is 0 Å². The number of epoxide rings is 1. The molecule has 76 valence electrons. The zero-order chi connectivity index (χ0) is 10.2. The first-order chi connectivity index (χ1) is 6.73. The van der Waals surface area contributed by atoms with Gasteiger partial charge in [-0.15, -0.1) is 0 Å². The van der Waals surface area contributed by atoms with Crippen molar-refractivity contribution < 1.29 is 14.2 Å². The molecule has 14 heavy (non-hydrogen) atoms. The predicted octanol–water partition coefficient (Wildman–Crippen LogP) is 1.91. The van der Waals surface area contributed by atoms with Gasteiger partial charge in [0.25, 0.3) is 0 Å². The van der Waals surface area contributed by atoms with Crippen LogP contribution < -0.4 is 4.74 Å². The van der Waals surface area contributed by atoms with Gasteiger partial charge in [0, 0.05) is 12.7 Å². The molecule has 1 aliphatic rings. The topological polar surface area (TPSA) is 31.0 Å². The summed E-state index contributed by atoms with van der Waals surface area (Å²) in [5.74, 6) is 0.319. The summed E-state index contributed by atoms with van der Waals surface area (Å²) < 4.78 is 15.9. The second kappa shape index (κ2) is 3.26. The van der Waals surface area contributed by atoms with E-state index in [0.29, 0.717) is 0 Å². The molecule has 0 aromatic heterocycles. The van der Waals surface area contributed by atoms with Gasteiger partial charge in [0.15, 0.2) is 0 Å². The van der Waals surface area contributed by atoms with Crippen molar-refractivity contribution in [3.63, 3.8) is 0 Å². The molecule has 0 spiro atoms. The number of hydrogen-bond donors (Lipinski definition) is 0. The van der Waals surface area contributed by atoms with Crippen molar-refractivity contribution >= 4 is 0 Å². The fourth-order valence-electron chi connectivity index (χ4n) is 1.69. The minimum Gasteiger partial charge on any atom is -0.497 e. The van der Waals surface area contributed by atoms with Crippen molar-refractivity contribution in [2.24, 2.45) is 0 Å². The van der Waals surface area contributed by atoms with Gasteiger partial charge in [-0.1, -0.05) is 0 Å². The summed E-state index contributed by atoms with van der Waals surface area (Å²) in [6.45, 7) is 1.99. The molecule has 0 saturated carbocycles. The number of hydrogen-bond acceptors (Lipinski definition) is 3. The third kappa shape index (κ3) is 1.29. The highest BCUT2D eigenvalue weighted by molar-refractivity contribution is 5.32. The van der Waals surface area contributed by atoms with E-state index in [0.717, 1.165) is 11.3 Å². The van der Waals surface area contributed by atoms with E-state index >= 15 is 0 Å². The van der Waals surface area contributed by atoms with Crippen LogP contribution in [0.15, 0.2) is 24.3 Å². The molecule has 0 amide bonds. The van der Waals surface area contributed by atoms with Crippen LogP contribution in [0.3, 0.4) is 0 Å². The van der Waals surface area contributed by atoms with Crippen LogP contribution in [0.2, 0.25) is 0 Å². The fourth-order valence-corrected chi connectivity index (χ4v) is 1.69. The molecule has 1 saturated heterocycles. The number of ether oxygens (including phenoxy) is 3. The SMILES string of the molecule is COc1ccc(C2(OC)OC2C)cc1. The normalized spacial score (nSPS) is 30.1. The highest BCUT2D eigenvalue weighted by Crippen LogP contribution is 2.46. The molecule has 1 aliphatic heterocycles. The van der Waals surface area contributed by atoms with Gasteiger partial charge in [0.05, 0.1) is 7.11 Å². The van der Waals surface area contributed by atoms with E-state index in [1.54, 1.807) is 14.2 Å². The van der Waals surface area contributed by atoms with Gasteiger partial charge >= 0.3 is 0 Å². The van der Waals surface area contributed by atoms with Crippen LogP contribution in [0.1, 0.15) is 12.5 Å². The zero-order valence-corrected chi connectivity index (χ0v) is 8.61. The van der Waals surface area contributed by atoms with Gasteiger partial charge in [0.2, 0.25) is 5.79 Å². The minimum atomic E-state index is -0.522. The molecule has 3 nitrogen and oxygen atoms in total. The maximum absolute atomic E-state index is 5.45. The van der Waals surface area contributed by atoms with Crippen molar-refractivity contribution in [2.45, 2.75) is 18.8 Å². The summed E-state index contributed by atoms with van der Waals surface area (Å²) in [5, 5.41) is 0. The fraction of sp³-hybridized carbons (Fsp3) is 0.455. The second-order valence-electron chi connectivity index (χ2n) is 3.36. The molecular weight excluding hydrogens is 180 g/mol. The van der Waals surface area contributed by atoms with E-state index in [1.165, 1.54) is 0 Å². The molecule has 1 heterocycles. The maximum Gasteiger partial charge on any atom is 0.222 e. The van der Waals surface area contributed by atoms with E-state index in [2.05, 4.69) is 0 Å². The molecule has 2 atom stereocenters. The molecule has 0 radical (unpaired) electrons. The van der Waals surface area contributed by atoms with Crippen LogP contribution >= 0.6 is 0 Å². The standard InChI is InChI=1S/C11H14O3/c1-8-11(13-3,14-8)9-4-6-10(12-2)7-5-9/h4-8H,1-3H3. The first kappa shape index (κ1) is 9.49. The Kier molecular flexibility index (Phi) is 2.21. The highest BCUT2D eigenvalue weighted by Gasteiger charge is 2.55. The van der Waals surface area contributed by atoms with Crippen molar-refractivity contribution in [3.8, 4) is 5.75 Å². The molecule has 2 unspecified atom stereocenters. The monoisotopic (exact) mass is 194 g/mol. The molecule has 1 fully saturated rings. The molecule has 0 N–H and O–H groups in total. The van der Waals surface area contributed by atoms with Gasteiger partial charge < -0.3 is 14.2 Å². The molecule has 0 bridgehead atoms. The summed E-state index contributed by atoms with van der Waals surface area (Å²) in [6.07, 6.45) is 0.126. The van der Waals surface area contributed by atoms with Crippen molar-refractivity contribution in [3.05, 3.63) is 29.8 Å². The lowest BCUT2D eigenvalue weighted by Crippen LogP contribution is -2.13. The summed E-state index contributed by atoms with van der Waals surface area (Å²) in [7, 11) is 3.31. The first-order valence-electron chi connectivity index (χ1n) is 4.60. The van der Waals surface area contributed by atoms with E-state index in [-0.39, 0.29) is 6.10 Å². The lowest BCUT2D eigenvalue weighted by molar-refractivity contribution is -0.0142. The number of methoxy groups -OCH3 is 2. The van der Waals surface area contributed by atoms with Gasteiger partial charge in [-0.25, -0.2) is 0 Å². The number of rotatable bonds is 3. The van der Waals surface area contributed by atoms with E-state index in [9.17, 15) is 0 Å². The Morgan fingerprint density at radius 2 is 1.79 bits per heavy atom. The Morgan fingerprint density at radius 3 is 2.14 bits per heavy atom. The summed E-state index contributed by atoms with van der Waals surface area (Å²) in [6, 6.07) is 7.74. The molecule has 3 heteroatoms. The lowest BCUT2D eigenvalue weighted by Gasteiger charge is -2.11. The van der Waals surface area contributed by atoms with Crippen LogP contribution in [-0.4, -0.2) is 20.3 Å². The average Bonchev–Trinajstić information content (AvgIpc) is 2.91.